The fourth-order valence-corrected chi connectivity index (χ4v) is 1.31. The first-order valence-corrected chi connectivity index (χ1v) is 4.67. The number of rotatable bonds is 4. The third-order valence-corrected chi connectivity index (χ3v) is 2.04. The Bertz CT molecular complexity index is 301. The first-order chi connectivity index (χ1) is 6.36. The fraction of sp³-hybridized carbons (Fsp3) is 0.273. The van der Waals surface area contributed by atoms with Gasteiger partial charge in [-0.05, 0) is 17.5 Å². The van der Waals surface area contributed by atoms with Gasteiger partial charge in [0, 0.05) is 15.9 Å². The van der Waals surface area contributed by atoms with Crippen LogP contribution < -0.4 is 0 Å². The molecule has 1 aromatic carbocycles. The van der Waals surface area contributed by atoms with Crippen molar-refractivity contribution in [1.29, 1.82) is 0 Å². The minimum Gasteiger partial charge on any atom is -0.365 e. The van der Waals surface area contributed by atoms with Gasteiger partial charge in [0.25, 0.3) is 0 Å². The van der Waals surface area contributed by atoms with Crippen LogP contribution in [-0.4, -0.2) is 6.61 Å². The topological polar surface area (TPSA) is 9.23 Å². The van der Waals surface area contributed by atoms with E-state index in [-0.39, 0.29) is 0 Å². The molecule has 2 heteroatoms. The van der Waals surface area contributed by atoms with Crippen LogP contribution in [0.25, 0.3) is 0 Å². The highest BCUT2D eigenvalue weighted by atomic mass is 31.0. The molecule has 0 aliphatic heterocycles. The van der Waals surface area contributed by atoms with Gasteiger partial charge in [-0.25, -0.2) is 0 Å². The average Bonchev–Trinajstić information content (AvgIpc) is 2.16. The van der Waals surface area contributed by atoms with E-state index in [0.717, 1.165) is 13.0 Å². The monoisotopic (exact) mass is 192 g/mol. The standard InChI is InChI=1S/C11H13OP/c1-2-4-10-5-3-6-11(9-10)7-8-12-13/h1,3,5-6,9H,4,7-8,13H2. The van der Waals surface area contributed by atoms with E-state index in [1.807, 2.05) is 12.1 Å². The zero-order valence-corrected chi connectivity index (χ0v) is 8.65. The molecule has 0 amide bonds. The Hall–Kier alpha value is -0.830. The number of benzene rings is 1. The van der Waals surface area contributed by atoms with E-state index in [1.54, 1.807) is 0 Å². The number of hydrogen-bond acceptors (Lipinski definition) is 1. The molecule has 1 nitrogen and oxygen atoms in total. The lowest BCUT2D eigenvalue weighted by molar-refractivity contribution is 0.377. The molecule has 0 saturated heterocycles. The molecular formula is C11H13OP. The number of terminal acetylenes is 1. The van der Waals surface area contributed by atoms with Crippen LogP contribution in [0, 0.1) is 12.3 Å². The first-order valence-electron chi connectivity index (χ1n) is 4.20. The summed E-state index contributed by atoms with van der Waals surface area (Å²) in [6.45, 7) is 0.726. The summed E-state index contributed by atoms with van der Waals surface area (Å²) in [7, 11) is 2.25. The molecule has 13 heavy (non-hydrogen) atoms. The van der Waals surface area contributed by atoms with Gasteiger partial charge in [0.05, 0.1) is 6.61 Å². The second-order valence-corrected chi connectivity index (χ2v) is 3.15. The van der Waals surface area contributed by atoms with Crippen LogP contribution in [0.15, 0.2) is 24.3 Å². The molecule has 0 fully saturated rings. The second-order valence-electron chi connectivity index (χ2n) is 2.82. The lowest BCUT2D eigenvalue weighted by Crippen LogP contribution is -1.92. The molecule has 0 radical (unpaired) electrons. The summed E-state index contributed by atoms with van der Waals surface area (Å²) in [5.74, 6) is 2.63. The maximum Gasteiger partial charge on any atom is 0.0542 e. The lowest BCUT2D eigenvalue weighted by Gasteiger charge is -2.01. The Balaban J connectivity index is 2.63. The lowest BCUT2D eigenvalue weighted by atomic mass is 10.1. The normalized spacial score (nSPS) is 9.54. The SMILES string of the molecule is C#CCc1cccc(CCOP)c1. The van der Waals surface area contributed by atoms with Crippen molar-refractivity contribution in [3.8, 4) is 12.3 Å². The van der Waals surface area contributed by atoms with Crippen molar-refractivity contribution in [2.75, 3.05) is 6.61 Å². The Morgan fingerprint density at radius 3 is 2.85 bits per heavy atom. The van der Waals surface area contributed by atoms with Crippen molar-refractivity contribution in [2.45, 2.75) is 12.8 Å². The Kier molecular flexibility index (Phi) is 4.54. The van der Waals surface area contributed by atoms with Gasteiger partial charge >= 0.3 is 0 Å². The molecule has 1 aromatic rings. The van der Waals surface area contributed by atoms with Crippen molar-refractivity contribution < 1.29 is 4.52 Å². The number of hydrogen-bond donors (Lipinski definition) is 0. The van der Waals surface area contributed by atoms with Crippen molar-refractivity contribution in [1.82, 2.24) is 0 Å². The van der Waals surface area contributed by atoms with Crippen LogP contribution >= 0.6 is 9.47 Å². The molecule has 0 aliphatic carbocycles. The van der Waals surface area contributed by atoms with E-state index >= 15 is 0 Å². The smallest absolute Gasteiger partial charge is 0.0542 e. The van der Waals surface area contributed by atoms with Gasteiger partial charge in [0.15, 0.2) is 0 Å². The molecule has 68 valence electrons. The summed E-state index contributed by atoms with van der Waals surface area (Å²) in [6, 6.07) is 8.29. The second kappa shape index (κ2) is 5.75. The van der Waals surface area contributed by atoms with Gasteiger partial charge in [-0.2, -0.15) is 0 Å². The first kappa shape index (κ1) is 10.3. The van der Waals surface area contributed by atoms with Gasteiger partial charge in [0.2, 0.25) is 0 Å². The van der Waals surface area contributed by atoms with Gasteiger partial charge < -0.3 is 4.52 Å². The highest BCUT2D eigenvalue weighted by Gasteiger charge is 1.94. The zero-order chi connectivity index (χ0) is 9.52. The van der Waals surface area contributed by atoms with E-state index < -0.39 is 0 Å². The third kappa shape index (κ3) is 3.59. The molecule has 0 aromatic heterocycles. The summed E-state index contributed by atoms with van der Waals surface area (Å²) in [5.41, 5.74) is 2.47. The molecule has 0 spiro atoms. The van der Waals surface area contributed by atoms with E-state index in [4.69, 9.17) is 10.9 Å². The van der Waals surface area contributed by atoms with Gasteiger partial charge in [-0.3, -0.25) is 0 Å². The predicted molar refractivity (Wildman–Crippen MR) is 58.3 cm³/mol. The molecule has 0 bridgehead atoms. The van der Waals surface area contributed by atoms with E-state index in [0.29, 0.717) is 6.42 Å². The molecule has 1 atom stereocenters. The minimum absolute atomic E-state index is 0.704. The van der Waals surface area contributed by atoms with Crippen LogP contribution in [0.4, 0.5) is 0 Å². The van der Waals surface area contributed by atoms with Crippen molar-refractivity contribution >= 4 is 9.47 Å². The van der Waals surface area contributed by atoms with Crippen LogP contribution in [0.3, 0.4) is 0 Å². The summed E-state index contributed by atoms with van der Waals surface area (Å²) in [4.78, 5) is 0. The molecule has 0 aliphatic rings. The largest absolute Gasteiger partial charge is 0.365 e. The zero-order valence-electron chi connectivity index (χ0n) is 7.49. The molecular weight excluding hydrogens is 179 g/mol. The van der Waals surface area contributed by atoms with Crippen molar-refractivity contribution in [3.05, 3.63) is 35.4 Å². The molecule has 1 unspecified atom stereocenters. The van der Waals surface area contributed by atoms with Crippen molar-refractivity contribution in [3.63, 3.8) is 0 Å². The van der Waals surface area contributed by atoms with E-state index in [2.05, 4.69) is 27.5 Å². The quantitative estimate of drug-likeness (QED) is 0.525. The minimum atomic E-state index is 0.704. The Morgan fingerprint density at radius 2 is 2.15 bits per heavy atom. The van der Waals surface area contributed by atoms with Gasteiger partial charge in [-0.15, -0.1) is 12.3 Å². The van der Waals surface area contributed by atoms with E-state index in [1.165, 1.54) is 11.1 Å². The molecule has 0 N–H and O–H groups in total. The maximum absolute atomic E-state index is 5.23. The summed E-state index contributed by atoms with van der Waals surface area (Å²) < 4.78 is 4.92. The predicted octanol–water partition coefficient (Wildman–Crippen LogP) is 2.21. The highest BCUT2D eigenvalue weighted by Crippen LogP contribution is 2.07. The van der Waals surface area contributed by atoms with Crippen LogP contribution in [-0.2, 0) is 17.4 Å². The van der Waals surface area contributed by atoms with Gasteiger partial charge in [-0.1, -0.05) is 24.3 Å². The summed E-state index contributed by atoms with van der Waals surface area (Å²) in [6.07, 6.45) is 6.87. The fourth-order valence-electron chi connectivity index (χ4n) is 1.19. The van der Waals surface area contributed by atoms with Crippen LogP contribution in [0.1, 0.15) is 11.1 Å². The summed E-state index contributed by atoms with van der Waals surface area (Å²) >= 11 is 0. The van der Waals surface area contributed by atoms with Crippen LogP contribution in [0.2, 0.25) is 0 Å². The summed E-state index contributed by atoms with van der Waals surface area (Å²) in [5, 5.41) is 0. The van der Waals surface area contributed by atoms with Gasteiger partial charge in [0.1, 0.15) is 0 Å². The van der Waals surface area contributed by atoms with E-state index in [9.17, 15) is 0 Å². The third-order valence-electron chi connectivity index (χ3n) is 1.81. The van der Waals surface area contributed by atoms with Crippen molar-refractivity contribution in [2.24, 2.45) is 0 Å². The average molecular weight is 192 g/mol. The Labute approximate surface area is 81.8 Å². The Morgan fingerprint density at radius 1 is 1.38 bits per heavy atom. The molecule has 0 heterocycles. The maximum atomic E-state index is 5.23. The highest BCUT2D eigenvalue weighted by molar-refractivity contribution is 7.09. The molecule has 0 saturated carbocycles. The molecule has 1 rings (SSSR count). The van der Waals surface area contributed by atoms with Crippen LogP contribution in [0.5, 0.6) is 0 Å².